The van der Waals surface area contributed by atoms with Gasteiger partial charge in [0.25, 0.3) is 0 Å². The molecule has 154 valence electrons. The maximum atomic E-state index is 11.5. The molecule has 2 N–H and O–H groups in total. The minimum absolute atomic E-state index is 0.0548. The van der Waals surface area contributed by atoms with E-state index in [-0.39, 0.29) is 11.8 Å². The molecule has 0 aromatic heterocycles. The van der Waals surface area contributed by atoms with Crippen LogP contribution in [-0.2, 0) is 22.6 Å². The van der Waals surface area contributed by atoms with Crippen LogP contribution in [-0.4, -0.2) is 49.4 Å². The van der Waals surface area contributed by atoms with E-state index in [0.717, 1.165) is 51.4 Å². The molecule has 0 atom stereocenters. The SMILES string of the molecule is CC(=O)Nc1ccc(CCNCc2ccccc2N2CCN(C(C)=O)CC2)cc1. The molecular weight excluding hydrogens is 364 g/mol. The fraction of sp³-hybridized carbons (Fsp3) is 0.391. The van der Waals surface area contributed by atoms with Crippen molar-refractivity contribution in [3.05, 3.63) is 59.7 Å². The second kappa shape index (κ2) is 10.1. The first kappa shape index (κ1) is 20.9. The molecule has 2 aromatic carbocycles. The third kappa shape index (κ3) is 6.06. The van der Waals surface area contributed by atoms with E-state index in [1.165, 1.54) is 23.7 Å². The van der Waals surface area contributed by atoms with E-state index < -0.39 is 0 Å². The average Bonchev–Trinajstić information content (AvgIpc) is 2.72. The van der Waals surface area contributed by atoms with Crippen LogP contribution in [0.15, 0.2) is 48.5 Å². The molecule has 1 aliphatic rings. The third-order valence-corrected chi connectivity index (χ3v) is 5.24. The van der Waals surface area contributed by atoms with Crippen LogP contribution in [0.2, 0.25) is 0 Å². The lowest BCUT2D eigenvalue weighted by Gasteiger charge is -2.36. The number of piperazine rings is 1. The first-order valence-electron chi connectivity index (χ1n) is 10.2. The standard InChI is InChI=1S/C23H30N4O2/c1-18(28)25-22-9-7-20(8-10-22)11-12-24-17-21-5-3-4-6-23(21)27-15-13-26(14-16-27)19(2)29/h3-10,24H,11-17H2,1-2H3,(H,25,28). The topological polar surface area (TPSA) is 64.7 Å². The maximum Gasteiger partial charge on any atom is 0.221 e. The minimum Gasteiger partial charge on any atom is -0.368 e. The summed E-state index contributed by atoms with van der Waals surface area (Å²) in [4.78, 5) is 26.9. The predicted molar refractivity (Wildman–Crippen MR) is 117 cm³/mol. The molecular formula is C23H30N4O2. The van der Waals surface area contributed by atoms with Crippen molar-refractivity contribution in [2.24, 2.45) is 0 Å². The van der Waals surface area contributed by atoms with Crippen molar-refractivity contribution in [3.8, 4) is 0 Å². The first-order valence-corrected chi connectivity index (χ1v) is 10.2. The van der Waals surface area contributed by atoms with Crippen molar-refractivity contribution in [3.63, 3.8) is 0 Å². The van der Waals surface area contributed by atoms with Gasteiger partial charge in [-0.05, 0) is 42.3 Å². The summed E-state index contributed by atoms with van der Waals surface area (Å²) >= 11 is 0. The van der Waals surface area contributed by atoms with Gasteiger partial charge in [0.1, 0.15) is 0 Å². The summed E-state index contributed by atoms with van der Waals surface area (Å²) in [6, 6.07) is 16.5. The van der Waals surface area contributed by atoms with Gasteiger partial charge in [-0.3, -0.25) is 9.59 Å². The van der Waals surface area contributed by atoms with E-state index in [0.29, 0.717) is 0 Å². The molecule has 1 saturated heterocycles. The number of carbonyl (C=O) groups excluding carboxylic acids is 2. The Hall–Kier alpha value is -2.86. The summed E-state index contributed by atoms with van der Waals surface area (Å²) < 4.78 is 0. The van der Waals surface area contributed by atoms with E-state index in [9.17, 15) is 9.59 Å². The van der Waals surface area contributed by atoms with Gasteiger partial charge in [-0.25, -0.2) is 0 Å². The van der Waals surface area contributed by atoms with Gasteiger partial charge in [-0.15, -0.1) is 0 Å². The summed E-state index contributed by atoms with van der Waals surface area (Å²) in [5.74, 6) is 0.102. The van der Waals surface area contributed by atoms with E-state index in [4.69, 9.17) is 0 Å². The summed E-state index contributed by atoms with van der Waals surface area (Å²) in [6.07, 6.45) is 0.930. The van der Waals surface area contributed by atoms with E-state index in [2.05, 4.69) is 51.9 Å². The van der Waals surface area contributed by atoms with Crippen molar-refractivity contribution < 1.29 is 9.59 Å². The highest BCUT2D eigenvalue weighted by Gasteiger charge is 2.20. The Labute approximate surface area is 172 Å². The Morgan fingerprint density at radius 2 is 1.62 bits per heavy atom. The van der Waals surface area contributed by atoms with Gasteiger partial charge in [0.05, 0.1) is 0 Å². The molecule has 1 aliphatic heterocycles. The van der Waals surface area contributed by atoms with Crippen LogP contribution in [0.25, 0.3) is 0 Å². The molecule has 0 bridgehead atoms. The number of anilines is 2. The highest BCUT2D eigenvalue weighted by molar-refractivity contribution is 5.88. The molecule has 0 saturated carbocycles. The molecule has 0 aliphatic carbocycles. The monoisotopic (exact) mass is 394 g/mol. The zero-order chi connectivity index (χ0) is 20.6. The Morgan fingerprint density at radius 1 is 0.931 bits per heavy atom. The lowest BCUT2D eigenvalue weighted by Crippen LogP contribution is -2.48. The van der Waals surface area contributed by atoms with E-state index in [1.807, 2.05) is 17.0 Å². The Morgan fingerprint density at radius 3 is 2.28 bits per heavy atom. The normalized spacial score (nSPS) is 14.0. The first-order chi connectivity index (χ1) is 14.0. The van der Waals surface area contributed by atoms with Crippen LogP contribution >= 0.6 is 0 Å². The zero-order valence-corrected chi connectivity index (χ0v) is 17.3. The van der Waals surface area contributed by atoms with Gasteiger partial charge >= 0.3 is 0 Å². The lowest BCUT2D eigenvalue weighted by atomic mass is 10.1. The lowest BCUT2D eigenvalue weighted by molar-refractivity contribution is -0.129. The zero-order valence-electron chi connectivity index (χ0n) is 17.3. The predicted octanol–water partition coefficient (Wildman–Crippen LogP) is 2.65. The van der Waals surface area contributed by atoms with Crippen LogP contribution in [0.5, 0.6) is 0 Å². The summed E-state index contributed by atoms with van der Waals surface area (Å²) in [7, 11) is 0. The van der Waals surface area contributed by atoms with Gasteiger partial charge in [-0.2, -0.15) is 0 Å². The number of carbonyl (C=O) groups is 2. The van der Waals surface area contributed by atoms with Gasteiger partial charge in [0.2, 0.25) is 11.8 Å². The highest BCUT2D eigenvalue weighted by atomic mass is 16.2. The summed E-state index contributed by atoms with van der Waals surface area (Å²) in [5.41, 5.74) is 4.60. The van der Waals surface area contributed by atoms with Crippen molar-refractivity contribution in [1.82, 2.24) is 10.2 Å². The Kier molecular flexibility index (Phi) is 7.25. The molecule has 1 heterocycles. The van der Waals surface area contributed by atoms with Crippen LogP contribution in [0, 0.1) is 0 Å². The molecule has 29 heavy (non-hydrogen) atoms. The van der Waals surface area contributed by atoms with Gasteiger partial charge in [0.15, 0.2) is 0 Å². The fourth-order valence-corrected chi connectivity index (χ4v) is 3.64. The molecule has 0 spiro atoms. The van der Waals surface area contributed by atoms with Gasteiger partial charge < -0.3 is 20.4 Å². The Balaban J connectivity index is 1.49. The molecule has 0 unspecified atom stereocenters. The van der Waals surface area contributed by atoms with Crippen LogP contribution in [0.4, 0.5) is 11.4 Å². The second-order valence-corrected chi connectivity index (χ2v) is 7.43. The van der Waals surface area contributed by atoms with E-state index >= 15 is 0 Å². The number of benzene rings is 2. The van der Waals surface area contributed by atoms with Crippen LogP contribution < -0.4 is 15.5 Å². The minimum atomic E-state index is -0.0548. The smallest absolute Gasteiger partial charge is 0.221 e. The van der Waals surface area contributed by atoms with Crippen molar-refractivity contribution in [2.75, 3.05) is 42.9 Å². The molecule has 6 heteroatoms. The van der Waals surface area contributed by atoms with Crippen LogP contribution in [0.3, 0.4) is 0 Å². The van der Waals surface area contributed by atoms with E-state index in [1.54, 1.807) is 6.92 Å². The van der Waals surface area contributed by atoms with Crippen LogP contribution in [0.1, 0.15) is 25.0 Å². The second-order valence-electron chi connectivity index (χ2n) is 7.43. The number of hydrogen-bond donors (Lipinski definition) is 2. The van der Waals surface area contributed by atoms with Gasteiger partial charge in [0, 0.05) is 57.9 Å². The van der Waals surface area contributed by atoms with Gasteiger partial charge in [-0.1, -0.05) is 30.3 Å². The average molecular weight is 395 g/mol. The largest absolute Gasteiger partial charge is 0.368 e. The molecule has 2 aromatic rings. The van der Waals surface area contributed by atoms with Crippen molar-refractivity contribution in [2.45, 2.75) is 26.8 Å². The molecule has 0 radical (unpaired) electrons. The number of nitrogens with zero attached hydrogens (tertiary/aromatic N) is 2. The number of rotatable bonds is 7. The fourth-order valence-electron chi connectivity index (χ4n) is 3.64. The third-order valence-electron chi connectivity index (χ3n) is 5.24. The van der Waals surface area contributed by atoms with Crippen molar-refractivity contribution >= 4 is 23.2 Å². The number of para-hydroxylation sites is 1. The molecule has 1 fully saturated rings. The quantitative estimate of drug-likeness (QED) is 0.709. The summed E-state index contributed by atoms with van der Waals surface area (Å²) in [5, 5.41) is 6.33. The molecule has 3 rings (SSSR count). The van der Waals surface area contributed by atoms with Crippen molar-refractivity contribution in [1.29, 1.82) is 0 Å². The highest BCUT2D eigenvalue weighted by Crippen LogP contribution is 2.22. The maximum absolute atomic E-state index is 11.5. The Bertz CT molecular complexity index is 827. The number of amides is 2. The number of hydrogen-bond acceptors (Lipinski definition) is 4. The number of nitrogens with one attached hydrogen (secondary N) is 2. The molecule has 6 nitrogen and oxygen atoms in total. The molecule has 2 amide bonds. The summed E-state index contributed by atoms with van der Waals surface area (Å²) in [6.45, 7) is 8.16.